The molecule has 3 saturated carbocycles. The van der Waals surface area contributed by atoms with E-state index in [1.807, 2.05) is 0 Å². The Kier molecular flexibility index (Phi) is 5.44. The van der Waals surface area contributed by atoms with Crippen molar-refractivity contribution in [2.24, 2.45) is 23.2 Å². The van der Waals surface area contributed by atoms with E-state index in [4.69, 9.17) is 0 Å². The molecule has 0 radical (unpaired) electrons. The van der Waals surface area contributed by atoms with Crippen LogP contribution in [0.1, 0.15) is 81.8 Å². The Balaban J connectivity index is 1.35. The van der Waals surface area contributed by atoms with Gasteiger partial charge in [-0.2, -0.15) is 0 Å². The molecule has 2 N–H and O–H groups in total. The molecule has 5 atom stereocenters. The molecule has 0 heterocycles. The topological polar surface area (TPSA) is 66.4 Å². The van der Waals surface area contributed by atoms with Gasteiger partial charge in [0, 0.05) is 23.5 Å². The van der Waals surface area contributed by atoms with Crippen molar-refractivity contribution in [3.05, 3.63) is 47.2 Å². The Morgan fingerprint density at radius 2 is 2.03 bits per heavy atom. The molecule has 4 aliphatic carbocycles. The van der Waals surface area contributed by atoms with Crippen molar-refractivity contribution >= 4 is 11.7 Å². The van der Waals surface area contributed by atoms with Gasteiger partial charge >= 0.3 is 0 Å². The molecule has 4 heteroatoms. The summed E-state index contributed by atoms with van der Waals surface area (Å²) in [6.07, 6.45) is 10.7. The van der Waals surface area contributed by atoms with E-state index >= 15 is 0 Å². The van der Waals surface area contributed by atoms with Gasteiger partial charge in [0.05, 0.1) is 6.26 Å². The maximum Gasteiger partial charge on any atom is 0.220 e. The van der Waals surface area contributed by atoms with E-state index in [9.17, 15) is 14.7 Å². The summed E-state index contributed by atoms with van der Waals surface area (Å²) in [6.45, 7) is 2.14. The van der Waals surface area contributed by atoms with Gasteiger partial charge in [-0.05, 0) is 92.6 Å². The van der Waals surface area contributed by atoms with E-state index in [1.165, 1.54) is 17.5 Å². The standard InChI is InChI=1S/C27H35NO3/c1-27-15-14-20-19-9-3-2-6-17(19)12-13-22(20)25(27)21(23(16-29)26(27)31)10-5-11-24(30)28-18-7-4-8-18/h2-3,6,9,16,18,20-22,25,29H,4-5,7-8,10-15H2,1H3,(H,28,30)/b23-16-/t20?,21-,22?,25?,27+/m1/s1. The molecule has 0 bridgehead atoms. The lowest BCUT2D eigenvalue weighted by Crippen LogP contribution is -2.44. The number of fused-ring (bicyclic) bond motifs is 5. The van der Waals surface area contributed by atoms with Crippen LogP contribution < -0.4 is 5.32 Å². The van der Waals surface area contributed by atoms with Crippen molar-refractivity contribution in [3.8, 4) is 0 Å². The molecule has 1 aromatic rings. The van der Waals surface area contributed by atoms with Gasteiger partial charge in [0.25, 0.3) is 0 Å². The Morgan fingerprint density at radius 1 is 1.23 bits per heavy atom. The number of Topliss-reactive ketones (excluding diaryl/α,β-unsaturated/α-hetero) is 1. The summed E-state index contributed by atoms with van der Waals surface area (Å²) in [5.41, 5.74) is 3.19. The van der Waals surface area contributed by atoms with E-state index in [2.05, 4.69) is 36.5 Å². The van der Waals surface area contributed by atoms with Gasteiger partial charge in [-0.1, -0.05) is 31.2 Å². The first-order valence-corrected chi connectivity index (χ1v) is 12.3. The third-order valence-electron chi connectivity index (χ3n) is 9.03. The number of carbonyl (C=O) groups excluding carboxylic acids is 2. The number of allylic oxidation sites excluding steroid dienone is 1. The summed E-state index contributed by atoms with van der Waals surface area (Å²) >= 11 is 0. The molecule has 1 aromatic carbocycles. The number of nitrogens with one attached hydrogen (secondary N) is 1. The van der Waals surface area contributed by atoms with Crippen LogP contribution in [0.3, 0.4) is 0 Å². The number of carbonyl (C=O) groups is 2. The highest BCUT2D eigenvalue weighted by molar-refractivity contribution is 6.03. The van der Waals surface area contributed by atoms with Gasteiger partial charge in [-0.3, -0.25) is 9.59 Å². The maximum absolute atomic E-state index is 13.4. The van der Waals surface area contributed by atoms with Gasteiger partial charge in [0.15, 0.2) is 5.78 Å². The fraction of sp³-hybridized carbons (Fsp3) is 0.630. The van der Waals surface area contributed by atoms with Gasteiger partial charge in [-0.15, -0.1) is 0 Å². The second-order valence-electron chi connectivity index (χ2n) is 10.6. The molecule has 31 heavy (non-hydrogen) atoms. The molecule has 3 fully saturated rings. The average molecular weight is 422 g/mol. The lowest BCUT2D eigenvalue weighted by Gasteiger charge is -2.49. The fourth-order valence-corrected chi connectivity index (χ4v) is 7.29. The quantitative estimate of drug-likeness (QED) is 0.505. The predicted octanol–water partition coefficient (Wildman–Crippen LogP) is 5.23. The zero-order chi connectivity index (χ0) is 21.6. The highest BCUT2D eigenvalue weighted by Crippen LogP contribution is 2.63. The fourth-order valence-electron chi connectivity index (χ4n) is 7.29. The summed E-state index contributed by atoms with van der Waals surface area (Å²) in [4.78, 5) is 25.7. The molecule has 0 spiro atoms. The highest BCUT2D eigenvalue weighted by atomic mass is 16.2. The van der Waals surface area contributed by atoms with Crippen LogP contribution in [0.4, 0.5) is 0 Å². The minimum Gasteiger partial charge on any atom is -0.515 e. The molecule has 0 aromatic heterocycles. The Bertz CT molecular complexity index is 901. The second kappa shape index (κ2) is 8.11. The van der Waals surface area contributed by atoms with Crippen LogP contribution in [0.5, 0.6) is 0 Å². The summed E-state index contributed by atoms with van der Waals surface area (Å²) in [6, 6.07) is 9.20. The SMILES string of the molecule is C[C@]12CCC3c4ccccc4CCC3C1[C@H](CCCC(=O)NC1CCC1)/C(=C/O)C2=O. The molecule has 0 saturated heterocycles. The summed E-state index contributed by atoms with van der Waals surface area (Å²) in [5, 5.41) is 13.2. The number of aliphatic hydroxyl groups excluding tert-OH is 1. The lowest BCUT2D eigenvalue weighted by atomic mass is 9.54. The number of ketones is 1. The summed E-state index contributed by atoms with van der Waals surface area (Å²) < 4.78 is 0. The number of aryl methyl sites for hydroxylation is 1. The molecule has 4 aliphatic rings. The van der Waals surface area contributed by atoms with Gasteiger partial charge in [-0.25, -0.2) is 0 Å². The molecule has 3 unspecified atom stereocenters. The first-order valence-electron chi connectivity index (χ1n) is 12.3. The van der Waals surface area contributed by atoms with Crippen molar-refractivity contribution in [1.29, 1.82) is 0 Å². The number of amides is 1. The smallest absolute Gasteiger partial charge is 0.220 e. The number of aliphatic hydroxyl groups is 1. The predicted molar refractivity (Wildman–Crippen MR) is 121 cm³/mol. The first-order chi connectivity index (χ1) is 15.0. The maximum atomic E-state index is 13.4. The van der Waals surface area contributed by atoms with Crippen LogP contribution in [-0.4, -0.2) is 22.8 Å². The van der Waals surface area contributed by atoms with E-state index in [1.54, 1.807) is 0 Å². The number of hydrogen-bond donors (Lipinski definition) is 2. The third kappa shape index (κ3) is 3.43. The molecule has 4 nitrogen and oxygen atoms in total. The molecular weight excluding hydrogens is 386 g/mol. The number of hydrogen-bond acceptors (Lipinski definition) is 3. The summed E-state index contributed by atoms with van der Waals surface area (Å²) in [5.74, 6) is 1.61. The largest absolute Gasteiger partial charge is 0.515 e. The Hall–Kier alpha value is -2.10. The van der Waals surface area contributed by atoms with E-state index in [0.717, 1.165) is 57.6 Å². The molecule has 1 amide bonds. The highest BCUT2D eigenvalue weighted by Gasteiger charge is 2.60. The lowest BCUT2D eigenvalue weighted by molar-refractivity contribution is -0.127. The van der Waals surface area contributed by atoms with Crippen molar-refractivity contribution in [2.75, 3.05) is 0 Å². The van der Waals surface area contributed by atoms with Crippen molar-refractivity contribution in [1.82, 2.24) is 5.32 Å². The van der Waals surface area contributed by atoms with E-state index in [-0.39, 0.29) is 28.9 Å². The zero-order valence-electron chi connectivity index (χ0n) is 18.6. The van der Waals surface area contributed by atoms with Crippen LogP contribution in [0.25, 0.3) is 0 Å². The molecule has 166 valence electrons. The van der Waals surface area contributed by atoms with Gasteiger partial charge in [0.2, 0.25) is 5.91 Å². The number of rotatable bonds is 5. The minimum atomic E-state index is -0.374. The summed E-state index contributed by atoms with van der Waals surface area (Å²) in [7, 11) is 0. The third-order valence-corrected chi connectivity index (χ3v) is 9.03. The van der Waals surface area contributed by atoms with E-state index in [0.29, 0.717) is 29.9 Å². The van der Waals surface area contributed by atoms with Crippen LogP contribution in [0.2, 0.25) is 0 Å². The van der Waals surface area contributed by atoms with Gasteiger partial charge < -0.3 is 10.4 Å². The van der Waals surface area contributed by atoms with Crippen molar-refractivity contribution in [3.63, 3.8) is 0 Å². The normalized spacial score (nSPS) is 35.8. The zero-order valence-corrected chi connectivity index (χ0v) is 18.6. The monoisotopic (exact) mass is 421 g/mol. The Labute approximate surface area is 185 Å². The minimum absolute atomic E-state index is 0.0667. The molecule has 5 rings (SSSR count). The van der Waals surface area contributed by atoms with Crippen LogP contribution in [0, 0.1) is 23.2 Å². The van der Waals surface area contributed by atoms with Crippen molar-refractivity contribution in [2.45, 2.75) is 83.1 Å². The van der Waals surface area contributed by atoms with Crippen molar-refractivity contribution < 1.29 is 14.7 Å². The van der Waals surface area contributed by atoms with Crippen LogP contribution in [0.15, 0.2) is 36.1 Å². The Morgan fingerprint density at radius 3 is 2.77 bits per heavy atom. The average Bonchev–Trinajstić information content (AvgIpc) is 2.97. The van der Waals surface area contributed by atoms with Crippen LogP contribution >= 0.6 is 0 Å². The van der Waals surface area contributed by atoms with Gasteiger partial charge in [0.1, 0.15) is 0 Å². The second-order valence-corrected chi connectivity index (χ2v) is 10.6. The van der Waals surface area contributed by atoms with E-state index < -0.39 is 0 Å². The first kappa shape index (κ1) is 20.8. The molecular formula is C27H35NO3. The molecule has 0 aliphatic heterocycles. The number of benzene rings is 1. The van der Waals surface area contributed by atoms with Crippen LogP contribution in [-0.2, 0) is 16.0 Å².